The van der Waals surface area contributed by atoms with Crippen LogP contribution in [0.4, 0.5) is 5.82 Å². The molecule has 0 unspecified atom stereocenters. The minimum absolute atomic E-state index is 0.0434. The van der Waals surface area contributed by atoms with Crippen molar-refractivity contribution >= 4 is 11.8 Å². The zero-order chi connectivity index (χ0) is 13.8. The van der Waals surface area contributed by atoms with Crippen molar-refractivity contribution in [2.24, 2.45) is 0 Å². The van der Waals surface area contributed by atoms with Crippen LogP contribution in [0.15, 0.2) is 15.8 Å². The molecule has 11 heteroatoms. The first-order valence-electron chi connectivity index (χ1n) is 5.12. The third kappa shape index (κ3) is 3.02. The van der Waals surface area contributed by atoms with Gasteiger partial charge in [-0.25, -0.2) is 19.4 Å². The number of carboxylic acids is 1. The Kier molecular flexibility index (Phi) is 3.36. The highest BCUT2D eigenvalue weighted by Crippen LogP contribution is 1.93. The summed E-state index contributed by atoms with van der Waals surface area (Å²) in [6, 6.07) is 0. The Morgan fingerprint density at radius 2 is 2.26 bits per heavy atom. The van der Waals surface area contributed by atoms with E-state index < -0.39 is 17.2 Å². The molecule has 2 heterocycles. The molecule has 4 N–H and O–H groups in total. The number of rotatable bonds is 5. The number of anilines is 1. The molecule has 0 bridgehead atoms. The summed E-state index contributed by atoms with van der Waals surface area (Å²) >= 11 is 0. The molecule has 0 aliphatic carbocycles. The number of hydrogen-bond donors (Lipinski definition) is 4. The summed E-state index contributed by atoms with van der Waals surface area (Å²) in [5.74, 6) is -1.21. The zero-order valence-corrected chi connectivity index (χ0v) is 9.45. The van der Waals surface area contributed by atoms with Gasteiger partial charge in [0.2, 0.25) is 5.82 Å². The van der Waals surface area contributed by atoms with E-state index in [1.54, 1.807) is 0 Å². The quantitative estimate of drug-likeness (QED) is 0.477. The van der Waals surface area contributed by atoms with Gasteiger partial charge in [0.25, 0.3) is 5.56 Å². The van der Waals surface area contributed by atoms with E-state index in [4.69, 9.17) is 5.11 Å². The lowest BCUT2D eigenvalue weighted by Gasteiger charge is -2.02. The minimum atomic E-state index is -1.17. The maximum absolute atomic E-state index is 11.3. The average molecular weight is 267 g/mol. The standard InChI is InChI=1S/C8H9N7O4/c16-6-5(12-13-8(19)10-6)9-1-2-15-3-4(7(17)18)11-14-15/h3H,1-2H2,(H,9,12)(H,17,18)(H2,10,13,16,19). The fraction of sp³-hybridized carbons (Fsp3) is 0.250. The summed E-state index contributed by atoms with van der Waals surface area (Å²) < 4.78 is 1.30. The van der Waals surface area contributed by atoms with Gasteiger partial charge in [0.15, 0.2) is 5.69 Å². The molecule has 2 rings (SSSR count). The molecule has 0 fully saturated rings. The molecule has 100 valence electrons. The van der Waals surface area contributed by atoms with Gasteiger partial charge >= 0.3 is 11.7 Å². The van der Waals surface area contributed by atoms with E-state index in [0.29, 0.717) is 0 Å². The van der Waals surface area contributed by atoms with E-state index in [1.165, 1.54) is 10.9 Å². The number of nitrogens with zero attached hydrogens (tertiary/aromatic N) is 4. The number of aromatic nitrogens is 6. The van der Waals surface area contributed by atoms with Gasteiger partial charge in [-0.3, -0.25) is 9.78 Å². The molecule has 0 aromatic carbocycles. The molecule has 2 aromatic heterocycles. The van der Waals surface area contributed by atoms with Gasteiger partial charge in [-0.1, -0.05) is 5.21 Å². The average Bonchev–Trinajstić information content (AvgIpc) is 2.81. The second kappa shape index (κ2) is 5.12. The van der Waals surface area contributed by atoms with Crippen molar-refractivity contribution < 1.29 is 9.90 Å². The SMILES string of the molecule is O=C(O)c1cn(CCNc2n[nH]c(=O)[nH]c2=O)nn1. The maximum Gasteiger partial charge on any atom is 0.358 e. The molecular weight excluding hydrogens is 258 g/mol. The van der Waals surface area contributed by atoms with Crippen LogP contribution in [0.2, 0.25) is 0 Å². The van der Waals surface area contributed by atoms with Crippen molar-refractivity contribution in [1.29, 1.82) is 0 Å². The lowest BCUT2D eigenvalue weighted by molar-refractivity contribution is 0.0690. The Labute approximate surface area is 104 Å². The molecule has 0 radical (unpaired) electrons. The first-order chi connectivity index (χ1) is 9.06. The van der Waals surface area contributed by atoms with Crippen LogP contribution in [0.25, 0.3) is 0 Å². The second-order valence-corrected chi connectivity index (χ2v) is 3.45. The van der Waals surface area contributed by atoms with Gasteiger partial charge in [0, 0.05) is 6.54 Å². The monoisotopic (exact) mass is 267 g/mol. The number of aromatic carboxylic acids is 1. The molecule has 0 atom stereocenters. The Morgan fingerprint density at radius 3 is 2.89 bits per heavy atom. The molecule has 0 amide bonds. The third-order valence-corrected chi connectivity index (χ3v) is 2.10. The van der Waals surface area contributed by atoms with E-state index in [1.807, 2.05) is 4.98 Å². The maximum atomic E-state index is 11.3. The third-order valence-electron chi connectivity index (χ3n) is 2.10. The Hall–Kier alpha value is -2.98. The fourth-order valence-electron chi connectivity index (χ4n) is 1.26. The van der Waals surface area contributed by atoms with Crippen molar-refractivity contribution in [2.45, 2.75) is 6.54 Å². The molecule has 0 saturated carbocycles. The number of nitrogens with one attached hydrogen (secondary N) is 3. The van der Waals surface area contributed by atoms with Crippen molar-refractivity contribution in [1.82, 2.24) is 30.2 Å². The predicted octanol–water partition coefficient (Wildman–Crippen LogP) is -2.14. The van der Waals surface area contributed by atoms with Gasteiger partial charge in [-0.2, -0.15) is 0 Å². The van der Waals surface area contributed by atoms with Crippen molar-refractivity contribution in [3.8, 4) is 0 Å². The number of carboxylic acid groups (broad SMARTS) is 1. The lowest BCUT2D eigenvalue weighted by atomic mass is 10.5. The normalized spacial score (nSPS) is 10.3. The molecule has 2 aromatic rings. The topological polar surface area (TPSA) is 159 Å². The zero-order valence-electron chi connectivity index (χ0n) is 9.45. The second-order valence-electron chi connectivity index (χ2n) is 3.45. The molecule has 11 nitrogen and oxygen atoms in total. The van der Waals surface area contributed by atoms with Crippen molar-refractivity contribution in [3.63, 3.8) is 0 Å². The van der Waals surface area contributed by atoms with Gasteiger partial charge in [0.05, 0.1) is 12.7 Å². The number of hydrogen-bond acceptors (Lipinski definition) is 7. The van der Waals surface area contributed by atoms with Gasteiger partial charge in [-0.05, 0) is 0 Å². The smallest absolute Gasteiger partial charge is 0.358 e. The minimum Gasteiger partial charge on any atom is -0.476 e. The molecule has 0 spiro atoms. The van der Waals surface area contributed by atoms with Crippen LogP contribution >= 0.6 is 0 Å². The number of aromatic amines is 2. The van der Waals surface area contributed by atoms with Gasteiger partial charge in [-0.15, -0.1) is 10.2 Å². The van der Waals surface area contributed by atoms with Crippen LogP contribution in [0.5, 0.6) is 0 Å². The summed E-state index contributed by atoms with van der Waals surface area (Å²) in [5.41, 5.74) is -1.51. The first kappa shape index (κ1) is 12.5. The summed E-state index contributed by atoms with van der Waals surface area (Å²) in [7, 11) is 0. The van der Waals surface area contributed by atoms with Crippen LogP contribution in [-0.4, -0.2) is 47.8 Å². The van der Waals surface area contributed by atoms with Gasteiger partial charge in [0.1, 0.15) is 0 Å². The highest BCUT2D eigenvalue weighted by Gasteiger charge is 2.08. The van der Waals surface area contributed by atoms with E-state index >= 15 is 0 Å². The van der Waals surface area contributed by atoms with E-state index in [0.717, 1.165) is 0 Å². The largest absolute Gasteiger partial charge is 0.476 e. The summed E-state index contributed by atoms with van der Waals surface area (Å²) in [6.45, 7) is 0.533. The first-order valence-corrected chi connectivity index (χ1v) is 5.12. The van der Waals surface area contributed by atoms with Gasteiger partial charge < -0.3 is 10.4 Å². The predicted molar refractivity (Wildman–Crippen MR) is 60.9 cm³/mol. The van der Waals surface area contributed by atoms with E-state index in [2.05, 4.69) is 25.8 Å². The summed E-state index contributed by atoms with van der Waals surface area (Å²) in [6.07, 6.45) is 1.26. The van der Waals surface area contributed by atoms with E-state index in [-0.39, 0.29) is 24.6 Å². The Bertz CT molecular complexity index is 699. The van der Waals surface area contributed by atoms with Crippen LogP contribution in [0.1, 0.15) is 10.5 Å². The number of carbonyl (C=O) groups is 1. The molecule has 0 aliphatic heterocycles. The fourth-order valence-corrected chi connectivity index (χ4v) is 1.26. The summed E-state index contributed by atoms with van der Waals surface area (Å²) in [4.78, 5) is 34.6. The van der Waals surface area contributed by atoms with E-state index in [9.17, 15) is 14.4 Å². The molecule has 0 saturated heterocycles. The van der Waals surface area contributed by atoms with Crippen molar-refractivity contribution in [3.05, 3.63) is 32.7 Å². The molecular formula is C8H9N7O4. The van der Waals surface area contributed by atoms with Crippen molar-refractivity contribution in [2.75, 3.05) is 11.9 Å². The van der Waals surface area contributed by atoms with Crippen LogP contribution in [0.3, 0.4) is 0 Å². The molecule has 0 aliphatic rings. The van der Waals surface area contributed by atoms with Crippen LogP contribution in [-0.2, 0) is 6.54 Å². The molecule has 19 heavy (non-hydrogen) atoms. The van der Waals surface area contributed by atoms with Crippen LogP contribution in [0, 0.1) is 0 Å². The highest BCUT2D eigenvalue weighted by molar-refractivity contribution is 5.84. The Morgan fingerprint density at radius 1 is 1.47 bits per heavy atom. The highest BCUT2D eigenvalue weighted by atomic mass is 16.4. The summed E-state index contributed by atoms with van der Waals surface area (Å²) in [5, 5.41) is 23.9. The lowest BCUT2D eigenvalue weighted by Crippen LogP contribution is -2.27. The number of H-pyrrole nitrogens is 2. The Balaban J connectivity index is 1.94. The van der Waals surface area contributed by atoms with Crippen LogP contribution < -0.4 is 16.6 Å².